The smallest absolute Gasteiger partial charge is 0.305 e. The first-order valence-electron chi connectivity index (χ1n) is 9.78. The lowest BCUT2D eigenvalue weighted by atomic mass is 9.94. The monoisotopic (exact) mass is 393 g/mol. The normalized spacial score (nSPS) is 15.9. The van der Waals surface area contributed by atoms with E-state index in [0.29, 0.717) is 31.9 Å². The van der Waals surface area contributed by atoms with E-state index in [0.717, 1.165) is 16.7 Å². The molecule has 2 aromatic carbocycles. The third-order valence-corrected chi connectivity index (χ3v) is 5.32. The second-order valence-corrected chi connectivity index (χ2v) is 7.30. The van der Waals surface area contributed by atoms with E-state index in [-0.39, 0.29) is 18.2 Å². The maximum Gasteiger partial charge on any atom is 0.305 e. The minimum absolute atomic E-state index is 0.0997. The fraction of sp³-hybridized carbons (Fsp3) is 0.318. The molecule has 2 N–H and O–H groups in total. The van der Waals surface area contributed by atoms with Gasteiger partial charge in [0.25, 0.3) is 6.01 Å². The number of rotatable bonds is 6. The molecular formula is C22H23N3O4. The Morgan fingerprint density at radius 2 is 1.79 bits per heavy atom. The molecule has 1 aliphatic rings. The van der Waals surface area contributed by atoms with E-state index < -0.39 is 12.0 Å². The number of carboxylic acids is 1. The Balaban J connectivity index is 1.38. The van der Waals surface area contributed by atoms with Crippen LogP contribution in [0.15, 0.2) is 59.0 Å². The van der Waals surface area contributed by atoms with Gasteiger partial charge in [0.2, 0.25) is 5.91 Å². The van der Waals surface area contributed by atoms with Crippen molar-refractivity contribution in [3.8, 4) is 0 Å². The maximum absolute atomic E-state index is 12.8. The number of piperidine rings is 1. The number of aromatic nitrogens is 1. The zero-order valence-electron chi connectivity index (χ0n) is 16.0. The van der Waals surface area contributed by atoms with Gasteiger partial charge in [-0.05, 0) is 30.5 Å². The number of anilines is 1. The number of carbonyl (C=O) groups is 2. The van der Waals surface area contributed by atoms with Gasteiger partial charge in [0.05, 0.1) is 12.5 Å². The molecule has 2 heterocycles. The van der Waals surface area contributed by atoms with Crippen molar-refractivity contribution in [1.29, 1.82) is 0 Å². The average molecular weight is 393 g/mol. The molecule has 0 bridgehead atoms. The predicted molar refractivity (Wildman–Crippen MR) is 109 cm³/mol. The Morgan fingerprint density at radius 1 is 1.10 bits per heavy atom. The van der Waals surface area contributed by atoms with Crippen molar-refractivity contribution in [3.05, 3.63) is 60.2 Å². The van der Waals surface area contributed by atoms with E-state index in [1.54, 1.807) is 0 Å². The van der Waals surface area contributed by atoms with Crippen LogP contribution in [0, 0.1) is 5.92 Å². The molecule has 4 rings (SSSR count). The number of nitrogens with zero attached hydrogens (tertiary/aromatic N) is 2. The number of carboxylic acid groups (broad SMARTS) is 1. The van der Waals surface area contributed by atoms with E-state index in [1.165, 1.54) is 0 Å². The first kappa shape index (κ1) is 19.0. The molecule has 0 aliphatic carbocycles. The summed E-state index contributed by atoms with van der Waals surface area (Å²) in [6.07, 6.45) is 1.19. The number of hydrogen-bond donors (Lipinski definition) is 2. The summed E-state index contributed by atoms with van der Waals surface area (Å²) in [6.45, 7) is 1.33. The maximum atomic E-state index is 12.8. The molecule has 150 valence electrons. The Labute approximate surface area is 168 Å². The largest absolute Gasteiger partial charge is 0.481 e. The third kappa shape index (κ3) is 4.39. The molecule has 0 radical (unpaired) electrons. The molecular weight excluding hydrogens is 370 g/mol. The van der Waals surface area contributed by atoms with Gasteiger partial charge < -0.3 is 19.7 Å². The third-order valence-electron chi connectivity index (χ3n) is 5.32. The Hall–Kier alpha value is -3.35. The van der Waals surface area contributed by atoms with Gasteiger partial charge in [-0.2, -0.15) is 4.98 Å². The van der Waals surface area contributed by atoms with Gasteiger partial charge in [0, 0.05) is 19.0 Å². The number of amides is 1. The van der Waals surface area contributed by atoms with Crippen molar-refractivity contribution >= 4 is 29.0 Å². The Kier molecular flexibility index (Phi) is 5.46. The van der Waals surface area contributed by atoms with Gasteiger partial charge in [-0.1, -0.05) is 42.5 Å². The molecule has 0 spiro atoms. The minimum atomic E-state index is -0.940. The number of oxazole rings is 1. The van der Waals surface area contributed by atoms with Crippen LogP contribution in [0.1, 0.15) is 30.9 Å². The highest BCUT2D eigenvalue weighted by atomic mass is 16.4. The van der Waals surface area contributed by atoms with Crippen LogP contribution in [-0.4, -0.2) is 35.1 Å². The summed E-state index contributed by atoms with van der Waals surface area (Å²) < 4.78 is 5.82. The SMILES string of the molecule is O=C(O)CC(NC(=O)C1CCN(c2nc3ccccc3o2)CC1)c1ccccc1. The van der Waals surface area contributed by atoms with Gasteiger partial charge in [0.15, 0.2) is 5.58 Å². The van der Waals surface area contributed by atoms with E-state index in [4.69, 9.17) is 4.42 Å². The zero-order valence-corrected chi connectivity index (χ0v) is 16.0. The molecule has 1 unspecified atom stereocenters. The topological polar surface area (TPSA) is 95.7 Å². The lowest BCUT2D eigenvalue weighted by molar-refractivity contribution is -0.138. The van der Waals surface area contributed by atoms with Crippen molar-refractivity contribution in [2.75, 3.05) is 18.0 Å². The Bertz CT molecular complexity index is 960. The van der Waals surface area contributed by atoms with Crippen LogP contribution in [0.2, 0.25) is 0 Å². The molecule has 0 saturated carbocycles. The van der Waals surface area contributed by atoms with Crippen LogP contribution in [0.4, 0.5) is 6.01 Å². The first-order chi connectivity index (χ1) is 14.1. The predicted octanol–water partition coefficient (Wildman–Crippen LogP) is 3.38. The van der Waals surface area contributed by atoms with Crippen LogP contribution in [0.3, 0.4) is 0 Å². The van der Waals surface area contributed by atoms with Gasteiger partial charge in [-0.15, -0.1) is 0 Å². The standard InChI is InChI=1S/C22H23N3O4/c26-20(27)14-18(15-6-2-1-3-7-15)23-21(28)16-10-12-25(13-11-16)22-24-17-8-4-5-9-19(17)29-22/h1-9,16,18H,10-14H2,(H,23,28)(H,26,27). The van der Waals surface area contributed by atoms with Gasteiger partial charge >= 0.3 is 5.97 Å². The molecule has 1 fully saturated rings. The number of hydrogen-bond acceptors (Lipinski definition) is 5. The van der Waals surface area contributed by atoms with Crippen molar-refractivity contribution in [2.45, 2.75) is 25.3 Å². The van der Waals surface area contributed by atoms with Gasteiger partial charge in [-0.3, -0.25) is 9.59 Å². The van der Waals surface area contributed by atoms with E-state index in [9.17, 15) is 14.7 Å². The highest BCUT2D eigenvalue weighted by molar-refractivity contribution is 5.80. The van der Waals surface area contributed by atoms with E-state index in [1.807, 2.05) is 54.6 Å². The second kappa shape index (κ2) is 8.34. The highest BCUT2D eigenvalue weighted by Crippen LogP contribution is 2.27. The Morgan fingerprint density at radius 3 is 2.48 bits per heavy atom. The lowest BCUT2D eigenvalue weighted by Gasteiger charge is -2.31. The van der Waals surface area contributed by atoms with Crippen LogP contribution >= 0.6 is 0 Å². The average Bonchev–Trinajstić information content (AvgIpc) is 3.18. The van der Waals surface area contributed by atoms with Gasteiger partial charge in [0.1, 0.15) is 5.52 Å². The zero-order chi connectivity index (χ0) is 20.2. The molecule has 1 saturated heterocycles. The quantitative estimate of drug-likeness (QED) is 0.667. The van der Waals surface area contributed by atoms with Gasteiger partial charge in [-0.25, -0.2) is 0 Å². The second-order valence-electron chi connectivity index (χ2n) is 7.30. The number of carbonyl (C=O) groups excluding carboxylic acids is 1. The molecule has 3 aromatic rings. The van der Waals surface area contributed by atoms with Crippen LogP contribution < -0.4 is 10.2 Å². The lowest BCUT2D eigenvalue weighted by Crippen LogP contribution is -2.42. The number of benzene rings is 2. The summed E-state index contributed by atoms with van der Waals surface area (Å²) in [4.78, 5) is 30.6. The van der Waals surface area contributed by atoms with Crippen LogP contribution in [0.5, 0.6) is 0 Å². The van der Waals surface area contributed by atoms with Crippen LogP contribution in [0.25, 0.3) is 11.1 Å². The fourth-order valence-electron chi connectivity index (χ4n) is 3.73. The molecule has 29 heavy (non-hydrogen) atoms. The first-order valence-corrected chi connectivity index (χ1v) is 9.78. The van der Waals surface area contributed by atoms with E-state index >= 15 is 0 Å². The number of aliphatic carboxylic acids is 1. The summed E-state index contributed by atoms with van der Waals surface area (Å²) in [5, 5.41) is 12.1. The van der Waals surface area contributed by atoms with E-state index in [2.05, 4.69) is 15.2 Å². The molecule has 1 aliphatic heterocycles. The van der Waals surface area contributed by atoms with Crippen molar-refractivity contribution in [2.24, 2.45) is 5.92 Å². The number of fused-ring (bicyclic) bond motifs is 1. The minimum Gasteiger partial charge on any atom is -0.481 e. The highest BCUT2D eigenvalue weighted by Gasteiger charge is 2.29. The van der Waals surface area contributed by atoms with Crippen molar-refractivity contribution in [3.63, 3.8) is 0 Å². The van der Waals surface area contributed by atoms with Crippen molar-refractivity contribution < 1.29 is 19.1 Å². The molecule has 1 aromatic heterocycles. The summed E-state index contributed by atoms with van der Waals surface area (Å²) in [5.41, 5.74) is 2.37. The summed E-state index contributed by atoms with van der Waals surface area (Å²) in [5.74, 6) is -1.20. The summed E-state index contributed by atoms with van der Waals surface area (Å²) in [6, 6.07) is 16.9. The number of para-hydroxylation sites is 2. The van der Waals surface area contributed by atoms with Crippen LogP contribution in [-0.2, 0) is 9.59 Å². The molecule has 1 atom stereocenters. The summed E-state index contributed by atoms with van der Waals surface area (Å²) in [7, 11) is 0. The van der Waals surface area contributed by atoms with Crippen molar-refractivity contribution in [1.82, 2.24) is 10.3 Å². The molecule has 1 amide bonds. The summed E-state index contributed by atoms with van der Waals surface area (Å²) >= 11 is 0. The molecule has 7 nitrogen and oxygen atoms in total. The fourth-order valence-corrected chi connectivity index (χ4v) is 3.73. The number of nitrogens with one attached hydrogen (secondary N) is 1. The molecule has 7 heteroatoms.